The fourth-order valence-corrected chi connectivity index (χ4v) is 3.92. The molecule has 9 heteroatoms. The van der Waals surface area contributed by atoms with Crippen LogP contribution < -0.4 is 14.8 Å². The Kier molecular flexibility index (Phi) is 6.70. The molecule has 0 aliphatic carbocycles. The summed E-state index contributed by atoms with van der Waals surface area (Å²) in [5.74, 6) is 0.183. The Morgan fingerprint density at radius 3 is 2.42 bits per heavy atom. The monoisotopic (exact) mass is 461 g/mol. The van der Waals surface area contributed by atoms with E-state index < -0.39 is 4.92 Å². The molecular weight excluding hydrogens is 442 g/mol. The molecule has 0 spiro atoms. The minimum Gasteiger partial charge on any atom is -0.493 e. The number of methoxy groups -OCH3 is 1. The van der Waals surface area contributed by atoms with Gasteiger partial charge in [-0.3, -0.25) is 14.9 Å². The van der Waals surface area contributed by atoms with Crippen molar-refractivity contribution in [3.8, 4) is 11.5 Å². The van der Waals surface area contributed by atoms with Crippen LogP contribution in [0.1, 0.15) is 11.1 Å². The molecule has 3 aromatic carbocycles. The summed E-state index contributed by atoms with van der Waals surface area (Å²) < 4.78 is 11.2. The summed E-state index contributed by atoms with van der Waals surface area (Å²) in [4.78, 5) is 28.3. The first-order valence-electron chi connectivity index (χ1n) is 9.91. The predicted octanol–water partition coefficient (Wildman–Crippen LogP) is 5.07. The molecule has 0 unspecified atom stereocenters. The zero-order valence-corrected chi connectivity index (χ0v) is 18.4. The average molecular weight is 461 g/mol. The summed E-state index contributed by atoms with van der Waals surface area (Å²) >= 11 is 1.11. The fourth-order valence-electron chi connectivity index (χ4n) is 3.09. The van der Waals surface area contributed by atoms with Gasteiger partial charge in [0.05, 0.1) is 34.3 Å². The lowest BCUT2D eigenvalue weighted by molar-refractivity contribution is -0.385. The van der Waals surface area contributed by atoms with E-state index in [1.807, 2.05) is 60.7 Å². The van der Waals surface area contributed by atoms with E-state index in [4.69, 9.17) is 9.47 Å². The minimum atomic E-state index is -0.516. The summed E-state index contributed by atoms with van der Waals surface area (Å²) in [6.45, 7) is 0.229. The van der Waals surface area contributed by atoms with Crippen molar-refractivity contribution in [3.05, 3.63) is 98.9 Å². The van der Waals surface area contributed by atoms with Crippen LogP contribution in [0.25, 0.3) is 6.08 Å². The number of amidine groups is 1. The van der Waals surface area contributed by atoms with Gasteiger partial charge in [0.2, 0.25) is 0 Å². The maximum absolute atomic E-state index is 12.4. The maximum atomic E-state index is 12.4. The molecule has 0 bridgehead atoms. The van der Waals surface area contributed by atoms with Crippen LogP contribution in [0.5, 0.6) is 11.5 Å². The second kappa shape index (κ2) is 10.0. The normalized spacial score (nSPS) is 15.5. The van der Waals surface area contributed by atoms with E-state index in [0.717, 1.165) is 17.3 Å². The Hall–Kier alpha value is -4.11. The number of benzene rings is 3. The number of nitro benzene ring substituents is 1. The molecule has 0 saturated carbocycles. The van der Waals surface area contributed by atoms with Crippen LogP contribution in [-0.2, 0) is 11.4 Å². The summed E-state index contributed by atoms with van der Waals surface area (Å²) in [6.07, 6.45) is 1.45. The number of aliphatic imine (C=N–C) groups is 1. The smallest absolute Gasteiger partial charge is 0.280 e. The van der Waals surface area contributed by atoms with E-state index in [1.165, 1.54) is 25.3 Å². The van der Waals surface area contributed by atoms with E-state index >= 15 is 0 Å². The van der Waals surface area contributed by atoms with Gasteiger partial charge in [-0.1, -0.05) is 48.5 Å². The van der Waals surface area contributed by atoms with Gasteiger partial charge in [0.25, 0.3) is 11.6 Å². The van der Waals surface area contributed by atoms with Crippen molar-refractivity contribution in [2.75, 3.05) is 7.11 Å². The number of carbonyl (C=O) groups excluding carboxylic acids is 1. The van der Waals surface area contributed by atoms with E-state index in [1.54, 1.807) is 0 Å². The highest BCUT2D eigenvalue weighted by atomic mass is 32.2. The molecular formula is C24H19N3O5S. The van der Waals surface area contributed by atoms with Crippen molar-refractivity contribution in [2.45, 2.75) is 6.61 Å². The Bertz CT molecular complexity index is 1240. The lowest BCUT2D eigenvalue weighted by atomic mass is 10.1. The average Bonchev–Trinajstić information content (AvgIpc) is 3.17. The van der Waals surface area contributed by atoms with E-state index in [2.05, 4.69) is 10.3 Å². The van der Waals surface area contributed by atoms with Gasteiger partial charge in [0.15, 0.2) is 16.7 Å². The number of rotatable bonds is 7. The van der Waals surface area contributed by atoms with Gasteiger partial charge in [0, 0.05) is 0 Å². The van der Waals surface area contributed by atoms with Gasteiger partial charge in [0.1, 0.15) is 6.61 Å². The SMILES string of the molecule is COc1cc(/C=C2\SC(=Nc3ccccc3)NC2=O)c([N+](=O)[O-])cc1OCc1ccccc1. The van der Waals surface area contributed by atoms with Crippen LogP contribution in [0.2, 0.25) is 0 Å². The first-order chi connectivity index (χ1) is 16.0. The summed E-state index contributed by atoms with van der Waals surface area (Å²) in [5, 5.41) is 14.8. The largest absolute Gasteiger partial charge is 0.493 e. The van der Waals surface area contributed by atoms with Crippen LogP contribution in [-0.4, -0.2) is 23.1 Å². The number of ether oxygens (including phenoxy) is 2. The third-order valence-corrected chi connectivity index (χ3v) is 5.58. The minimum absolute atomic E-state index is 0.201. The van der Waals surface area contributed by atoms with E-state index in [-0.39, 0.29) is 34.4 Å². The highest BCUT2D eigenvalue weighted by molar-refractivity contribution is 8.18. The number of para-hydroxylation sites is 1. The number of thioether (sulfide) groups is 1. The third kappa shape index (κ3) is 5.39. The van der Waals surface area contributed by atoms with Gasteiger partial charge < -0.3 is 14.8 Å². The molecule has 1 N–H and O–H groups in total. The van der Waals surface area contributed by atoms with Crippen molar-refractivity contribution in [1.29, 1.82) is 0 Å². The lowest BCUT2D eigenvalue weighted by Gasteiger charge is -2.12. The highest BCUT2D eigenvalue weighted by Gasteiger charge is 2.26. The summed E-state index contributed by atoms with van der Waals surface area (Å²) in [5.41, 5.74) is 1.63. The first-order valence-corrected chi connectivity index (χ1v) is 10.7. The fraction of sp³-hybridized carbons (Fsp3) is 0.0833. The van der Waals surface area contributed by atoms with Crippen LogP contribution in [0.3, 0.4) is 0 Å². The Morgan fingerprint density at radius 2 is 1.76 bits per heavy atom. The Morgan fingerprint density at radius 1 is 1.06 bits per heavy atom. The van der Waals surface area contributed by atoms with Crippen LogP contribution in [0.4, 0.5) is 11.4 Å². The molecule has 0 radical (unpaired) electrons. The second-order valence-electron chi connectivity index (χ2n) is 6.91. The number of nitrogens with one attached hydrogen (secondary N) is 1. The van der Waals surface area contributed by atoms with Crippen molar-refractivity contribution in [3.63, 3.8) is 0 Å². The van der Waals surface area contributed by atoms with Gasteiger partial charge in [-0.15, -0.1) is 0 Å². The Balaban J connectivity index is 1.63. The number of carbonyl (C=O) groups is 1. The molecule has 166 valence electrons. The molecule has 1 heterocycles. The van der Waals surface area contributed by atoms with Crippen molar-refractivity contribution >= 4 is 40.3 Å². The van der Waals surface area contributed by atoms with Crippen molar-refractivity contribution < 1.29 is 19.2 Å². The Labute approximate surface area is 194 Å². The van der Waals surface area contributed by atoms with E-state index in [0.29, 0.717) is 16.6 Å². The molecule has 8 nitrogen and oxygen atoms in total. The topological polar surface area (TPSA) is 103 Å². The molecule has 1 aliphatic rings. The van der Waals surface area contributed by atoms with Gasteiger partial charge in [-0.05, 0) is 41.6 Å². The zero-order valence-electron chi connectivity index (χ0n) is 17.6. The first kappa shape index (κ1) is 22.1. The molecule has 33 heavy (non-hydrogen) atoms. The van der Waals surface area contributed by atoms with Gasteiger partial charge in [-0.25, -0.2) is 4.99 Å². The molecule has 3 aromatic rings. The van der Waals surface area contributed by atoms with E-state index in [9.17, 15) is 14.9 Å². The maximum Gasteiger partial charge on any atom is 0.280 e. The molecule has 0 atom stereocenters. The molecule has 4 rings (SSSR count). The predicted molar refractivity (Wildman–Crippen MR) is 128 cm³/mol. The number of hydrogen-bond acceptors (Lipinski definition) is 7. The van der Waals surface area contributed by atoms with Gasteiger partial charge >= 0.3 is 0 Å². The zero-order chi connectivity index (χ0) is 23.2. The van der Waals surface area contributed by atoms with Crippen LogP contribution >= 0.6 is 11.8 Å². The number of nitrogens with zero attached hydrogens (tertiary/aromatic N) is 2. The molecule has 1 fully saturated rings. The standard InChI is InChI=1S/C24H19N3O5S/c1-31-20-12-17(13-22-23(28)26-24(33-22)25-18-10-6-3-7-11-18)19(27(29)30)14-21(20)32-15-16-8-4-2-5-9-16/h2-14H,15H2,1H3,(H,25,26,28)/b22-13-. The molecule has 1 amide bonds. The van der Waals surface area contributed by atoms with Gasteiger partial charge in [-0.2, -0.15) is 0 Å². The second-order valence-corrected chi connectivity index (χ2v) is 7.94. The molecule has 1 saturated heterocycles. The van der Waals surface area contributed by atoms with Crippen LogP contribution in [0.15, 0.2) is 82.7 Å². The number of amides is 1. The molecule has 1 aliphatic heterocycles. The van der Waals surface area contributed by atoms with Crippen LogP contribution in [0, 0.1) is 10.1 Å². The highest BCUT2D eigenvalue weighted by Crippen LogP contribution is 2.38. The quantitative estimate of drug-likeness (QED) is 0.299. The summed E-state index contributed by atoms with van der Waals surface area (Å²) in [7, 11) is 1.45. The van der Waals surface area contributed by atoms with Crippen molar-refractivity contribution in [2.24, 2.45) is 4.99 Å². The number of nitro groups is 1. The summed E-state index contributed by atoms with van der Waals surface area (Å²) in [6, 6.07) is 21.4. The number of hydrogen-bond donors (Lipinski definition) is 1. The lowest BCUT2D eigenvalue weighted by Crippen LogP contribution is -2.19. The third-order valence-electron chi connectivity index (χ3n) is 4.67. The molecule has 0 aromatic heterocycles. The van der Waals surface area contributed by atoms with Crippen molar-refractivity contribution in [1.82, 2.24) is 5.32 Å².